The van der Waals surface area contributed by atoms with Crippen LogP contribution in [-0.2, 0) is 0 Å². The summed E-state index contributed by atoms with van der Waals surface area (Å²) in [5.74, 6) is 0.278. The van der Waals surface area contributed by atoms with E-state index in [9.17, 15) is 0 Å². The molecular weight excluding hydrogens is 124 g/mol. The highest BCUT2D eigenvalue weighted by Crippen LogP contribution is 2.08. The van der Waals surface area contributed by atoms with Crippen LogP contribution in [0.2, 0.25) is 0 Å². The Morgan fingerprint density at radius 2 is 2.20 bits per heavy atom. The van der Waals surface area contributed by atoms with Gasteiger partial charge in [-0.1, -0.05) is 25.7 Å². The number of allylic oxidation sites excluding steroid dienone is 4. The van der Waals surface area contributed by atoms with Crippen molar-refractivity contribution in [3.05, 3.63) is 36.1 Å². The van der Waals surface area contributed by atoms with Gasteiger partial charge in [0.2, 0.25) is 0 Å². The van der Waals surface area contributed by atoms with Gasteiger partial charge in [-0.05, 0) is 25.0 Å². The fourth-order valence-electron chi connectivity index (χ4n) is 0.717. The number of hydrogen-bond donors (Lipinski definition) is 1. The van der Waals surface area contributed by atoms with Gasteiger partial charge in [-0.15, -0.1) is 0 Å². The molecule has 0 aliphatic rings. The molecule has 0 aliphatic heterocycles. The van der Waals surface area contributed by atoms with Crippen molar-refractivity contribution < 1.29 is 5.11 Å². The van der Waals surface area contributed by atoms with Crippen LogP contribution in [0.3, 0.4) is 0 Å². The van der Waals surface area contributed by atoms with Crippen LogP contribution in [0, 0.1) is 0 Å². The molecule has 1 nitrogen and oxygen atoms in total. The number of hydrogen-bond acceptors (Lipinski definition) is 1. The minimum Gasteiger partial charge on any atom is -0.508 e. The molecule has 1 heteroatoms. The highest BCUT2D eigenvalue weighted by Gasteiger charge is 1.92. The molecule has 0 aromatic rings. The quantitative estimate of drug-likeness (QED) is 0.469. The van der Waals surface area contributed by atoms with Gasteiger partial charge in [0, 0.05) is 0 Å². The second-order valence-electron chi connectivity index (χ2n) is 1.97. The Balaban J connectivity index is 4.44. The molecule has 0 bridgehead atoms. The zero-order chi connectivity index (χ0) is 7.98. The number of rotatable bonds is 3. The standard InChI is InChI=1S/C9H14O/c1-4-7-8(5-2)9(10)6-3/h4,6-7,10H,3,5H2,1-2H3/b7-4-,9-8+. The van der Waals surface area contributed by atoms with Gasteiger partial charge in [-0.3, -0.25) is 0 Å². The van der Waals surface area contributed by atoms with E-state index in [0.717, 1.165) is 12.0 Å². The molecule has 56 valence electrons. The monoisotopic (exact) mass is 138 g/mol. The summed E-state index contributed by atoms with van der Waals surface area (Å²) in [5.41, 5.74) is 0.928. The van der Waals surface area contributed by atoms with E-state index in [4.69, 9.17) is 5.11 Å². The molecule has 0 aliphatic carbocycles. The van der Waals surface area contributed by atoms with E-state index in [2.05, 4.69) is 6.58 Å². The zero-order valence-electron chi connectivity index (χ0n) is 6.59. The van der Waals surface area contributed by atoms with E-state index in [1.165, 1.54) is 6.08 Å². The van der Waals surface area contributed by atoms with Gasteiger partial charge < -0.3 is 5.11 Å². The van der Waals surface area contributed by atoms with Crippen molar-refractivity contribution in [1.29, 1.82) is 0 Å². The van der Waals surface area contributed by atoms with E-state index >= 15 is 0 Å². The molecule has 0 atom stereocenters. The lowest BCUT2D eigenvalue weighted by molar-refractivity contribution is 0.426. The Labute approximate surface area is 62.4 Å². The molecule has 0 heterocycles. The Morgan fingerprint density at radius 3 is 2.50 bits per heavy atom. The topological polar surface area (TPSA) is 20.2 Å². The third-order valence-corrected chi connectivity index (χ3v) is 1.27. The number of aliphatic hydroxyl groups is 1. The summed E-state index contributed by atoms with van der Waals surface area (Å²) >= 11 is 0. The van der Waals surface area contributed by atoms with Crippen molar-refractivity contribution in [3.8, 4) is 0 Å². The van der Waals surface area contributed by atoms with Crippen LogP contribution >= 0.6 is 0 Å². The van der Waals surface area contributed by atoms with Crippen molar-refractivity contribution in [3.63, 3.8) is 0 Å². The SMILES string of the molecule is C=C/C(O)=C(\C=C/C)CC. The molecule has 1 N–H and O–H groups in total. The molecule has 0 aromatic carbocycles. The first-order valence-electron chi connectivity index (χ1n) is 3.43. The van der Waals surface area contributed by atoms with Gasteiger partial charge in [0.15, 0.2) is 0 Å². The third kappa shape index (κ3) is 2.53. The maximum atomic E-state index is 9.16. The predicted octanol–water partition coefficient (Wildman–Crippen LogP) is 2.97. The molecule has 0 unspecified atom stereocenters. The molecule has 0 fully saturated rings. The van der Waals surface area contributed by atoms with Crippen LogP contribution < -0.4 is 0 Å². The van der Waals surface area contributed by atoms with E-state index in [-0.39, 0.29) is 5.76 Å². The Hall–Kier alpha value is -0.980. The van der Waals surface area contributed by atoms with Crippen LogP contribution in [0.4, 0.5) is 0 Å². The minimum atomic E-state index is 0.278. The summed E-state index contributed by atoms with van der Waals surface area (Å²) < 4.78 is 0. The highest BCUT2D eigenvalue weighted by molar-refractivity contribution is 5.26. The second-order valence-corrected chi connectivity index (χ2v) is 1.97. The Kier molecular flexibility index (Phi) is 4.38. The number of aliphatic hydroxyl groups excluding tert-OH is 1. The molecule has 0 amide bonds. The van der Waals surface area contributed by atoms with Crippen molar-refractivity contribution in [2.75, 3.05) is 0 Å². The average Bonchev–Trinajstić information content (AvgIpc) is 1.99. The van der Waals surface area contributed by atoms with Crippen LogP contribution in [0.15, 0.2) is 36.1 Å². The smallest absolute Gasteiger partial charge is 0.118 e. The molecule has 0 radical (unpaired) electrons. The Morgan fingerprint density at radius 1 is 1.60 bits per heavy atom. The second kappa shape index (κ2) is 4.86. The van der Waals surface area contributed by atoms with E-state index in [0.29, 0.717) is 0 Å². The average molecular weight is 138 g/mol. The van der Waals surface area contributed by atoms with Crippen LogP contribution in [-0.4, -0.2) is 5.11 Å². The minimum absolute atomic E-state index is 0.278. The normalized spacial score (nSPS) is 13.4. The third-order valence-electron chi connectivity index (χ3n) is 1.27. The lowest BCUT2D eigenvalue weighted by Gasteiger charge is -1.97. The zero-order valence-corrected chi connectivity index (χ0v) is 6.59. The van der Waals surface area contributed by atoms with Crippen molar-refractivity contribution in [1.82, 2.24) is 0 Å². The van der Waals surface area contributed by atoms with Crippen LogP contribution in [0.5, 0.6) is 0 Å². The lowest BCUT2D eigenvalue weighted by Crippen LogP contribution is -1.82. The van der Waals surface area contributed by atoms with Gasteiger partial charge >= 0.3 is 0 Å². The van der Waals surface area contributed by atoms with Crippen molar-refractivity contribution >= 4 is 0 Å². The first-order chi connectivity index (χ1) is 4.76. The summed E-state index contributed by atoms with van der Waals surface area (Å²) in [6.07, 6.45) is 6.08. The summed E-state index contributed by atoms with van der Waals surface area (Å²) in [5, 5.41) is 9.16. The highest BCUT2D eigenvalue weighted by atomic mass is 16.3. The molecule has 0 rings (SSSR count). The Bertz CT molecular complexity index is 164. The van der Waals surface area contributed by atoms with E-state index in [1.54, 1.807) is 0 Å². The van der Waals surface area contributed by atoms with Gasteiger partial charge in [0.1, 0.15) is 5.76 Å². The van der Waals surface area contributed by atoms with Gasteiger partial charge in [-0.25, -0.2) is 0 Å². The van der Waals surface area contributed by atoms with Gasteiger partial charge in [-0.2, -0.15) is 0 Å². The van der Waals surface area contributed by atoms with Crippen molar-refractivity contribution in [2.24, 2.45) is 0 Å². The molecular formula is C9H14O. The van der Waals surface area contributed by atoms with E-state index < -0.39 is 0 Å². The largest absolute Gasteiger partial charge is 0.508 e. The van der Waals surface area contributed by atoms with Crippen LogP contribution in [0.1, 0.15) is 20.3 Å². The summed E-state index contributed by atoms with van der Waals surface area (Å²) in [6, 6.07) is 0. The molecule has 0 saturated carbocycles. The molecule has 0 aromatic heterocycles. The predicted molar refractivity (Wildman–Crippen MR) is 45.0 cm³/mol. The molecule has 0 spiro atoms. The first kappa shape index (κ1) is 9.02. The maximum Gasteiger partial charge on any atom is 0.118 e. The summed E-state index contributed by atoms with van der Waals surface area (Å²) in [7, 11) is 0. The van der Waals surface area contributed by atoms with Gasteiger partial charge in [0.25, 0.3) is 0 Å². The first-order valence-corrected chi connectivity index (χ1v) is 3.43. The maximum absolute atomic E-state index is 9.16. The molecule has 10 heavy (non-hydrogen) atoms. The fourth-order valence-corrected chi connectivity index (χ4v) is 0.717. The van der Waals surface area contributed by atoms with Crippen molar-refractivity contribution in [2.45, 2.75) is 20.3 Å². The summed E-state index contributed by atoms with van der Waals surface area (Å²) in [6.45, 7) is 7.39. The molecule has 0 saturated heterocycles. The van der Waals surface area contributed by atoms with Crippen LogP contribution in [0.25, 0.3) is 0 Å². The fraction of sp³-hybridized carbons (Fsp3) is 0.333. The van der Waals surface area contributed by atoms with E-state index in [1.807, 2.05) is 26.0 Å². The lowest BCUT2D eigenvalue weighted by atomic mass is 10.1. The summed E-state index contributed by atoms with van der Waals surface area (Å²) in [4.78, 5) is 0. The van der Waals surface area contributed by atoms with Gasteiger partial charge in [0.05, 0.1) is 0 Å².